The van der Waals surface area contributed by atoms with Crippen LogP contribution in [-0.4, -0.2) is 19.3 Å². The minimum absolute atomic E-state index is 1.09. The highest BCUT2D eigenvalue weighted by atomic mass is 15.3. The molecule has 3 heterocycles. The molecule has 6 rings (SSSR count). The summed E-state index contributed by atoms with van der Waals surface area (Å²) in [7, 11) is 4.08. The van der Waals surface area contributed by atoms with Gasteiger partial charge in [0.2, 0.25) is 0 Å². The van der Waals surface area contributed by atoms with Crippen LogP contribution in [-0.2, 0) is 14.1 Å². The lowest BCUT2D eigenvalue weighted by atomic mass is 10.1. The molecular weight excluding hydrogens is 356 g/mol. The van der Waals surface area contributed by atoms with Crippen LogP contribution in [0.15, 0.2) is 79.0 Å². The minimum atomic E-state index is 1.09. The molecule has 4 nitrogen and oxygen atoms in total. The second-order valence-electron chi connectivity index (χ2n) is 7.34. The van der Waals surface area contributed by atoms with Crippen LogP contribution in [0.25, 0.3) is 43.6 Å². The molecule has 0 fully saturated rings. The summed E-state index contributed by atoms with van der Waals surface area (Å²) in [6.07, 6.45) is 1.84. The van der Waals surface area contributed by atoms with Gasteiger partial charge in [0.15, 0.2) is 0 Å². The van der Waals surface area contributed by atoms with Gasteiger partial charge < -0.3 is 4.57 Å². The first-order valence-corrected chi connectivity index (χ1v) is 9.74. The van der Waals surface area contributed by atoms with Crippen molar-refractivity contribution in [2.75, 3.05) is 0 Å². The predicted molar refractivity (Wildman–Crippen MR) is 121 cm³/mol. The summed E-state index contributed by atoms with van der Waals surface area (Å²) < 4.78 is 4.14. The molecular formula is C25H22N4. The van der Waals surface area contributed by atoms with Gasteiger partial charge in [-0.1, -0.05) is 54.6 Å². The molecule has 0 amide bonds. The zero-order chi connectivity index (χ0) is 20.0. The lowest BCUT2D eigenvalue weighted by molar-refractivity contribution is 0.785. The monoisotopic (exact) mass is 378 g/mol. The first-order valence-electron chi connectivity index (χ1n) is 9.74. The molecule has 6 aromatic rings. The van der Waals surface area contributed by atoms with Gasteiger partial charge in [0.1, 0.15) is 0 Å². The van der Waals surface area contributed by atoms with Gasteiger partial charge in [-0.3, -0.25) is 9.67 Å². The molecule has 0 unspecified atom stereocenters. The summed E-state index contributed by atoms with van der Waals surface area (Å²) in [5.74, 6) is 0. The van der Waals surface area contributed by atoms with Crippen molar-refractivity contribution in [3.63, 3.8) is 0 Å². The van der Waals surface area contributed by atoms with E-state index in [0.29, 0.717) is 0 Å². The van der Waals surface area contributed by atoms with Crippen molar-refractivity contribution < 1.29 is 0 Å². The van der Waals surface area contributed by atoms with E-state index in [1.54, 1.807) is 0 Å². The summed E-state index contributed by atoms with van der Waals surface area (Å²) in [6, 6.07) is 25.2. The second-order valence-corrected chi connectivity index (χ2v) is 7.34. The van der Waals surface area contributed by atoms with Crippen LogP contribution < -0.4 is 0 Å². The van der Waals surface area contributed by atoms with Crippen molar-refractivity contribution in [1.82, 2.24) is 19.3 Å². The van der Waals surface area contributed by atoms with Gasteiger partial charge >= 0.3 is 0 Å². The van der Waals surface area contributed by atoms with Crippen LogP contribution in [0.1, 0.15) is 5.69 Å². The molecule has 0 N–H and O–H groups in total. The number of rotatable bonds is 0. The van der Waals surface area contributed by atoms with Gasteiger partial charge in [-0.05, 0) is 30.5 Å². The highest BCUT2D eigenvalue weighted by Crippen LogP contribution is 2.27. The Balaban J connectivity index is 0.000000125. The molecule has 4 heteroatoms. The summed E-state index contributed by atoms with van der Waals surface area (Å²) in [4.78, 5) is 4.41. The van der Waals surface area contributed by atoms with Crippen LogP contribution in [0.5, 0.6) is 0 Å². The van der Waals surface area contributed by atoms with Gasteiger partial charge in [0.05, 0.1) is 27.8 Å². The lowest BCUT2D eigenvalue weighted by Crippen LogP contribution is -1.90. The molecule has 0 bridgehead atoms. The zero-order valence-electron chi connectivity index (χ0n) is 16.8. The molecule has 0 aliphatic heterocycles. The van der Waals surface area contributed by atoms with Crippen molar-refractivity contribution >= 4 is 43.6 Å². The smallest absolute Gasteiger partial charge is 0.0959 e. The largest absolute Gasteiger partial charge is 0.342 e. The zero-order valence-corrected chi connectivity index (χ0v) is 16.8. The number of hydrogen-bond donors (Lipinski definition) is 0. The molecule has 0 spiro atoms. The topological polar surface area (TPSA) is 35.6 Å². The van der Waals surface area contributed by atoms with E-state index in [1.165, 1.54) is 38.1 Å². The fourth-order valence-corrected chi connectivity index (χ4v) is 4.20. The van der Waals surface area contributed by atoms with E-state index in [2.05, 4.69) is 95.4 Å². The number of pyridine rings is 1. The highest BCUT2D eigenvalue weighted by molar-refractivity contribution is 6.06. The third-order valence-corrected chi connectivity index (χ3v) is 5.58. The van der Waals surface area contributed by atoms with Gasteiger partial charge in [-0.25, -0.2) is 0 Å². The van der Waals surface area contributed by atoms with Gasteiger partial charge in [-0.15, -0.1) is 0 Å². The van der Waals surface area contributed by atoms with E-state index >= 15 is 0 Å². The first-order chi connectivity index (χ1) is 14.1. The van der Waals surface area contributed by atoms with E-state index in [-0.39, 0.29) is 0 Å². The Kier molecular flexibility index (Phi) is 4.06. The quantitative estimate of drug-likeness (QED) is 0.337. The first kappa shape index (κ1) is 17.4. The molecule has 0 saturated heterocycles. The Morgan fingerprint density at radius 1 is 0.690 bits per heavy atom. The maximum Gasteiger partial charge on any atom is 0.0959 e. The van der Waals surface area contributed by atoms with Crippen LogP contribution in [0.2, 0.25) is 0 Å². The van der Waals surface area contributed by atoms with Crippen LogP contribution in [0, 0.1) is 6.92 Å². The van der Waals surface area contributed by atoms with E-state index in [4.69, 9.17) is 0 Å². The Morgan fingerprint density at radius 2 is 1.41 bits per heavy atom. The van der Waals surface area contributed by atoms with Crippen molar-refractivity contribution in [3.05, 3.63) is 84.7 Å². The molecule has 0 saturated carbocycles. The van der Waals surface area contributed by atoms with E-state index in [9.17, 15) is 0 Å². The van der Waals surface area contributed by atoms with E-state index < -0.39 is 0 Å². The normalized spacial score (nSPS) is 11.3. The van der Waals surface area contributed by atoms with Gasteiger partial charge in [0.25, 0.3) is 0 Å². The number of para-hydroxylation sites is 1. The maximum absolute atomic E-state index is 4.46. The molecule has 3 aromatic carbocycles. The van der Waals surface area contributed by atoms with Crippen LogP contribution in [0.4, 0.5) is 0 Å². The fraction of sp³-hybridized carbons (Fsp3) is 0.120. The van der Waals surface area contributed by atoms with E-state index in [1.807, 2.05) is 24.0 Å². The van der Waals surface area contributed by atoms with Gasteiger partial charge in [0, 0.05) is 36.5 Å². The van der Waals surface area contributed by atoms with Crippen molar-refractivity contribution in [2.24, 2.45) is 14.1 Å². The predicted octanol–water partition coefficient (Wildman–Crippen LogP) is 5.76. The van der Waals surface area contributed by atoms with Gasteiger partial charge in [-0.2, -0.15) is 5.10 Å². The molecule has 0 aliphatic rings. The number of benzene rings is 3. The third-order valence-electron chi connectivity index (χ3n) is 5.58. The van der Waals surface area contributed by atoms with Crippen LogP contribution >= 0.6 is 0 Å². The van der Waals surface area contributed by atoms with Crippen molar-refractivity contribution in [2.45, 2.75) is 6.92 Å². The number of fused-ring (bicyclic) bond motifs is 6. The summed E-state index contributed by atoms with van der Waals surface area (Å²) >= 11 is 0. The lowest BCUT2D eigenvalue weighted by Gasteiger charge is -2.00. The number of aromatic nitrogens is 4. The Labute approximate surface area is 169 Å². The molecule has 0 radical (unpaired) electrons. The number of aryl methyl sites for hydroxylation is 3. The maximum atomic E-state index is 4.46. The summed E-state index contributed by atoms with van der Waals surface area (Å²) in [5, 5.41) is 9.48. The molecule has 0 atom stereocenters. The van der Waals surface area contributed by atoms with Crippen LogP contribution in [0.3, 0.4) is 0 Å². The molecule has 29 heavy (non-hydrogen) atoms. The Morgan fingerprint density at radius 3 is 2.28 bits per heavy atom. The third kappa shape index (κ3) is 2.76. The SMILES string of the molecule is Cc1nn(C)c2c1ccc1ccccc12.Cn1c2ccccc2c2ncccc21. The average molecular weight is 378 g/mol. The Hall–Kier alpha value is -3.66. The minimum Gasteiger partial charge on any atom is -0.342 e. The van der Waals surface area contributed by atoms with E-state index in [0.717, 1.165) is 11.2 Å². The number of nitrogens with zero attached hydrogens (tertiary/aromatic N) is 4. The molecule has 3 aromatic heterocycles. The standard InChI is InChI=1S/C13H12N2.C12H10N2/c1-9-11-8-7-10-5-3-4-6-12(10)13(11)15(2)14-9;1-14-10-6-3-2-5-9(10)12-11(14)7-4-8-13-12/h3-8H,1-2H3;2-8H,1H3. The van der Waals surface area contributed by atoms with Crippen molar-refractivity contribution in [3.8, 4) is 0 Å². The second kappa shape index (κ2) is 6.74. The average Bonchev–Trinajstić information content (AvgIpc) is 3.23. The molecule has 0 aliphatic carbocycles. The summed E-state index contributed by atoms with van der Waals surface area (Å²) in [6.45, 7) is 2.05. The fourth-order valence-electron chi connectivity index (χ4n) is 4.20. The number of hydrogen-bond acceptors (Lipinski definition) is 2. The Bertz CT molecular complexity index is 1430. The molecule has 142 valence electrons. The summed E-state index contributed by atoms with van der Waals surface area (Å²) in [5.41, 5.74) is 5.84. The highest BCUT2D eigenvalue weighted by Gasteiger charge is 2.08. The van der Waals surface area contributed by atoms with Crippen molar-refractivity contribution in [1.29, 1.82) is 0 Å².